The zero-order valence-corrected chi connectivity index (χ0v) is 15.8. The molecule has 0 bridgehead atoms. The van der Waals surface area contributed by atoms with Gasteiger partial charge in [0.2, 0.25) is 0 Å². The minimum atomic E-state index is -0.307. The fraction of sp³-hybridized carbons (Fsp3) is 0.476. The maximum absolute atomic E-state index is 12.3. The molecule has 1 aliphatic heterocycles. The first kappa shape index (κ1) is 18.5. The van der Waals surface area contributed by atoms with Gasteiger partial charge in [-0.3, -0.25) is 4.79 Å². The third-order valence-corrected chi connectivity index (χ3v) is 5.71. The molecule has 1 aliphatic carbocycles. The molecule has 140 valence electrons. The summed E-state index contributed by atoms with van der Waals surface area (Å²) in [4.78, 5) is 12.3. The first-order valence-electron chi connectivity index (χ1n) is 8.79. The molecular formula is C21H26O5. The Hall–Kier alpha value is -2.27. The number of hydrogen-bond acceptors (Lipinski definition) is 5. The van der Waals surface area contributed by atoms with Crippen LogP contribution in [0.1, 0.15) is 31.4 Å². The van der Waals surface area contributed by atoms with Gasteiger partial charge in [0.1, 0.15) is 0 Å². The van der Waals surface area contributed by atoms with E-state index < -0.39 is 0 Å². The Balaban J connectivity index is 2.02. The standard InChI is InChI=1S/C21H26O5/c1-6-9-21-12-18(25-5)15(22)11-19(21)26-20(13(21)2)14-7-8-16(23-3)17(10-14)24-4/h6-8,10,12-13,19-20H,1,9,11H2,2-5H3/t13-,19-,20-,21-/m0/s1. The second-order valence-corrected chi connectivity index (χ2v) is 6.89. The Kier molecular flexibility index (Phi) is 5.10. The van der Waals surface area contributed by atoms with Crippen LogP contribution < -0.4 is 9.47 Å². The molecule has 0 aromatic heterocycles. The van der Waals surface area contributed by atoms with Crippen LogP contribution in [-0.4, -0.2) is 33.2 Å². The van der Waals surface area contributed by atoms with Gasteiger partial charge in [0.15, 0.2) is 23.0 Å². The number of Topliss-reactive ketones (excluding diaryl/α,β-unsaturated/α-hetero) is 1. The number of rotatable bonds is 6. The summed E-state index contributed by atoms with van der Waals surface area (Å²) >= 11 is 0. The van der Waals surface area contributed by atoms with E-state index in [1.165, 1.54) is 7.11 Å². The lowest BCUT2D eigenvalue weighted by Crippen LogP contribution is -2.39. The predicted octanol–water partition coefficient (Wildman–Crippen LogP) is 3.85. The summed E-state index contributed by atoms with van der Waals surface area (Å²) in [6.07, 6.45) is 4.55. The molecule has 5 heteroatoms. The van der Waals surface area contributed by atoms with Crippen molar-refractivity contribution in [1.82, 2.24) is 0 Å². The Labute approximate surface area is 154 Å². The van der Waals surface area contributed by atoms with Gasteiger partial charge in [-0.15, -0.1) is 6.58 Å². The van der Waals surface area contributed by atoms with Gasteiger partial charge in [0.05, 0.1) is 33.5 Å². The van der Waals surface area contributed by atoms with Crippen LogP contribution >= 0.6 is 0 Å². The summed E-state index contributed by atoms with van der Waals surface area (Å²) in [5, 5.41) is 0. The van der Waals surface area contributed by atoms with Crippen LogP contribution in [0.3, 0.4) is 0 Å². The number of hydrogen-bond donors (Lipinski definition) is 0. The molecular weight excluding hydrogens is 332 g/mol. The molecule has 0 radical (unpaired) electrons. The molecule has 0 unspecified atom stereocenters. The van der Waals surface area contributed by atoms with Gasteiger partial charge in [0, 0.05) is 11.8 Å². The van der Waals surface area contributed by atoms with E-state index in [2.05, 4.69) is 13.5 Å². The Morgan fingerprint density at radius 2 is 1.96 bits per heavy atom. The average molecular weight is 358 g/mol. The quantitative estimate of drug-likeness (QED) is 0.723. The predicted molar refractivity (Wildman–Crippen MR) is 98.3 cm³/mol. The van der Waals surface area contributed by atoms with E-state index in [4.69, 9.17) is 18.9 Å². The highest BCUT2D eigenvalue weighted by molar-refractivity contribution is 5.95. The highest BCUT2D eigenvalue weighted by Gasteiger charge is 2.55. The Bertz CT molecular complexity index is 738. The van der Waals surface area contributed by atoms with Crippen LogP contribution in [0.15, 0.2) is 42.7 Å². The number of allylic oxidation sites excluding steroid dienone is 2. The molecule has 1 fully saturated rings. The van der Waals surface area contributed by atoms with E-state index in [9.17, 15) is 4.79 Å². The fourth-order valence-electron chi connectivity index (χ4n) is 4.25. The van der Waals surface area contributed by atoms with Crippen LogP contribution in [0.25, 0.3) is 0 Å². The van der Waals surface area contributed by atoms with Crippen LogP contribution in [0.4, 0.5) is 0 Å². The number of ketones is 1. The van der Waals surface area contributed by atoms with Gasteiger partial charge in [-0.1, -0.05) is 19.1 Å². The number of carbonyl (C=O) groups excluding carboxylic acids is 1. The number of fused-ring (bicyclic) bond motifs is 1. The number of methoxy groups -OCH3 is 3. The maximum Gasteiger partial charge on any atom is 0.199 e. The molecule has 0 N–H and O–H groups in total. The summed E-state index contributed by atoms with van der Waals surface area (Å²) in [7, 11) is 4.77. The first-order valence-corrected chi connectivity index (χ1v) is 8.79. The van der Waals surface area contributed by atoms with Gasteiger partial charge in [0.25, 0.3) is 0 Å². The molecule has 0 amide bonds. The molecule has 26 heavy (non-hydrogen) atoms. The topological polar surface area (TPSA) is 54.0 Å². The number of benzene rings is 1. The van der Waals surface area contributed by atoms with Crippen molar-refractivity contribution in [3.63, 3.8) is 0 Å². The second-order valence-electron chi connectivity index (χ2n) is 6.89. The van der Waals surface area contributed by atoms with Crippen LogP contribution in [0.2, 0.25) is 0 Å². The molecule has 2 aliphatic rings. The van der Waals surface area contributed by atoms with E-state index in [0.29, 0.717) is 23.7 Å². The molecule has 1 aromatic carbocycles. The minimum Gasteiger partial charge on any atom is -0.493 e. The van der Waals surface area contributed by atoms with E-state index >= 15 is 0 Å². The molecule has 1 aromatic rings. The third-order valence-electron chi connectivity index (χ3n) is 5.71. The van der Waals surface area contributed by atoms with Crippen molar-refractivity contribution >= 4 is 5.78 Å². The van der Waals surface area contributed by atoms with Gasteiger partial charge < -0.3 is 18.9 Å². The van der Waals surface area contributed by atoms with Crippen LogP contribution in [0.5, 0.6) is 11.5 Å². The van der Waals surface area contributed by atoms with E-state index in [1.807, 2.05) is 30.4 Å². The summed E-state index contributed by atoms with van der Waals surface area (Å²) in [6.45, 7) is 6.07. The van der Waals surface area contributed by atoms with Crippen molar-refractivity contribution in [2.75, 3.05) is 21.3 Å². The summed E-state index contributed by atoms with van der Waals surface area (Å²) in [6, 6.07) is 5.82. The lowest BCUT2D eigenvalue weighted by molar-refractivity contribution is -0.123. The largest absolute Gasteiger partial charge is 0.493 e. The zero-order chi connectivity index (χ0) is 18.9. The van der Waals surface area contributed by atoms with Crippen molar-refractivity contribution in [1.29, 1.82) is 0 Å². The molecule has 1 saturated heterocycles. The monoisotopic (exact) mass is 358 g/mol. The fourth-order valence-corrected chi connectivity index (χ4v) is 4.25. The number of carbonyl (C=O) groups is 1. The van der Waals surface area contributed by atoms with Crippen LogP contribution in [-0.2, 0) is 14.3 Å². The average Bonchev–Trinajstić information content (AvgIpc) is 2.93. The normalized spacial score (nSPS) is 30.4. The highest BCUT2D eigenvalue weighted by atomic mass is 16.5. The van der Waals surface area contributed by atoms with Gasteiger partial charge in [-0.25, -0.2) is 0 Å². The molecule has 0 saturated carbocycles. The molecule has 5 nitrogen and oxygen atoms in total. The van der Waals surface area contributed by atoms with Crippen molar-refractivity contribution < 1.29 is 23.7 Å². The molecule has 0 spiro atoms. The lowest BCUT2D eigenvalue weighted by atomic mass is 9.65. The molecule has 3 rings (SSSR count). The van der Waals surface area contributed by atoms with Gasteiger partial charge >= 0.3 is 0 Å². The minimum absolute atomic E-state index is 0.0163. The van der Waals surface area contributed by atoms with Gasteiger partial charge in [-0.2, -0.15) is 0 Å². The molecule has 4 atom stereocenters. The van der Waals surface area contributed by atoms with E-state index in [-0.39, 0.29) is 29.3 Å². The molecule has 1 heterocycles. The third kappa shape index (κ3) is 2.80. The SMILES string of the molecule is C=CC[C@@]12C=C(OC)C(=O)C[C@@H]1O[C@H](c1ccc(OC)c(OC)c1)[C@@H]2C. The summed E-state index contributed by atoms with van der Waals surface area (Å²) < 4.78 is 22.5. The zero-order valence-electron chi connectivity index (χ0n) is 15.8. The van der Waals surface area contributed by atoms with Crippen molar-refractivity contribution in [3.05, 3.63) is 48.3 Å². The van der Waals surface area contributed by atoms with Crippen LogP contribution in [0, 0.1) is 11.3 Å². The smallest absolute Gasteiger partial charge is 0.199 e. The maximum atomic E-state index is 12.3. The number of ether oxygens (including phenoxy) is 4. The Morgan fingerprint density at radius 3 is 2.58 bits per heavy atom. The van der Waals surface area contributed by atoms with Crippen molar-refractivity contribution in [2.45, 2.75) is 32.0 Å². The van der Waals surface area contributed by atoms with Gasteiger partial charge in [-0.05, 0) is 36.1 Å². The van der Waals surface area contributed by atoms with Crippen molar-refractivity contribution in [2.24, 2.45) is 11.3 Å². The highest BCUT2D eigenvalue weighted by Crippen LogP contribution is 2.57. The summed E-state index contributed by atoms with van der Waals surface area (Å²) in [5.41, 5.74) is 0.701. The van der Waals surface area contributed by atoms with E-state index in [0.717, 1.165) is 12.0 Å². The van der Waals surface area contributed by atoms with Crippen molar-refractivity contribution in [3.8, 4) is 11.5 Å². The first-order chi connectivity index (χ1) is 12.5. The second kappa shape index (κ2) is 7.16. The van der Waals surface area contributed by atoms with E-state index in [1.54, 1.807) is 14.2 Å². The Morgan fingerprint density at radius 1 is 1.23 bits per heavy atom. The summed E-state index contributed by atoms with van der Waals surface area (Å²) in [5.74, 6) is 1.89. The lowest BCUT2D eigenvalue weighted by Gasteiger charge is -2.37.